The van der Waals surface area contributed by atoms with Gasteiger partial charge in [-0.15, -0.1) is 0 Å². The molecule has 0 spiro atoms. The van der Waals surface area contributed by atoms with E-state index < -0.39 is 11.1 Å². The molecule has 0 saturated heterocycles. The predicted molar refractivity (Wildman–Crippen MR) is 49.6 cm³/mol. The molecule has 0 aliphatic carbocycles. The average molecular weight is 252 g/mol. The standard InChI is InChI=1S/C6H10BrN3O3/c7-1-2-9-5(4-11)3-6(8-9)10(12)13/h3,6,8,11H,1-2,4H2. The first-order valence-corrected chi connectivity index (χ1v) is 4.86. The largest absolute Gasteiger partial charge is 0.390 e. The molecule has 0 radical (unpaired) electrons. The summed E-state index contributed by atoms with van der Waals surface area (Å²) >= 11 is 3.21. The Balaban J connectivity index is 2.62. The summed E-state index contributed by atoms with van der Waals surface area (Å²) in [6.45, 7) is 0.390. The van der Waals surface area contributed by atoms with E-state index >= 15 is 0 Å². The van der Waals surface area contributed by atoms with Gasteiger partial charge in [-0.2, -0.15) is 5.43 Å². The molecular formula is C6H10BrN3O3. The minimum Gasteiger partial charge on any atom is -0.390 e. The summed E-state index contributed by atoms with van der Waals surface area (Å²) in [7, 11) is 0. The topological polar surface area (TPSA) is 78.6 Å². The summed E-state index contributed by atoms with van der Waals surface area (Å²) in [5.41, 5.74) is 3.19. The molecule has 74 valence electrons. The van der Waals surface area contributed by atoms with E-state index in [1.165, 1.54) is 6.08 Å². The number of rotatable bonds is 4. The first kappa shape index (κ1) is 10.4. The van der Waals surface area contributed by atoms with Crippen LogP contribution in [0.3, 0.4) is 0 Å². The molecule has 1 aliphatic rings. The van der Waals surface area contributed by atoms with Gasteiger partial charge in [0, 0.05) is 22.9 Å². The Morgan fingerprint density at radius 2 is 2.54 bits per heavy atom. The van der Waals surface area contributed by atoms with E-state index in [0.717, 1.165) is 0 Å². The van der Waals surface area contributed by atoms with E-state index in [4.69, 9.17) is 5.11 Å². The van der Waals surface area contributed by atoms with Crippen molar-refractivity contribution in [3.05, 3.63) is 21.9 Å². The molecule has 0 aromatic heterocycles. The lowest BCUT2D eigenvalue weighted by atomic mass is 10.4. The van der Waals surface area contributed by atoms with Crippen molar-refractivity contribution in [2.45, 2.75) is 6.17 Å². The Morgan fingerprint density at radius 1 is 1.85 bits per heavy atom. The van der Waals surface area contributed by atoms with Gasteiger partial charge >= 0.3 is 6.17 Å². The van der Waals surface area contributed by atoms with E-state index in [1.54, 1.807) is 5.01 Å². The number of hydrogen-bond donors (Lipinski definition) is 2. The molecule has 6 nitrogen and oxygen atoms in total. The van der Waals surface area contributed by atoms with Crippen molar-refractivity contribution in [1.82, 2.24) is 10.4 Å². The summed E-state index contributed by atoms with van der Waals surface area (Å²) in [5.74, 6) is 0. The van der Waals surface area contributed by atoms with Crippen LogP contribution in [0.15, 0.2) is 11.8 Å². The zero-order valence-corrected chi connectivity index (χ0v) is 8.40. The second-order valence-corrected chi connectivity index (χ2v) is 3.31. The lowest BCUT2D eigenvalue weighted by Gasteiger charge is -2.19. The number of nitro groups is 1. The Hall–Kier alpha value is -0.660. The van der Waals surface area contributed by atoms with E-state index in [2.05, 4.69) is 21.4 Å². The number of halogens is 1. The highest BCUT2D eigenvalue weighted by Crippen LogP contribution is 2.11. The van der Waals surface area contributed by atoms with Gasteiger partial charge in [0.2, 0.25) is 0 Å². The molecule has 1 atom stereocenters. The third-order valence-corrected chi connectivity index (χ3v) is 2.04. The van der Waals surface area contributed by atoms with Crippen molar-refractivity contribution >= 4 is 15.9 Å². The van der Waals surface area contributed by atoms with Gasteiger partial charge in [0.1, 0.15) is 0 Å². The van der Waals surface area contributed by atoms with Crippen LogP contribution in [-0.4, -0.2) is 39.7 Å². The first-order chi connectivity index (χ1) is 6.19. The van der Waals surface area contributed by atoms with Crippen molar-refractivity contribution in [2.75, 3.05) is 18.5 Å². The predicted octanol–water partition coefficient (Wildman–Crippen LogP) is -0.320. The van der Waals surface area contributed by atoms with Gasteiger partial charge in [0.25, 0.3) is 0 Å². The van der Waals surface area contributed by atoms with E-state index in [9.17, 15) is 10.1 Å². The van der Waals surface area contributed by atoms with Gasteiger partial charge in [0.15, 0.2) is 0 Å². The SMILES string of the molecule is O=[N+]([O-])C1C=C(CO)N(CCBr)N1. The van der Waals surface area contributed by atoms with Crippen molar-refractivity contribution in [2.24, 2.45) is 0 Å². The van der Waals surface area contributed by atoms with Gasteiger partial charge in [-0.1, -0.05) is 15.9 Å². The maximum Gasteiger partial charge on any atom is 0.303 e. The maximum atomic E-state index is 10.4. The van der Waals surface area contributed by atoms with E-state index in [1.807, 2.05) is 0 Å². The molecular weight excluding hydrogens is 242 g/mol. The van der Waals surface area contributed by atoms with Crippen LogP contribution in [0.1, 0.15) is 0 Å². The molecule has 1 heterocycles. The molecule has 0 amide bonds. The maximum absolute atomic E-state index is 10.4. The zero-order valence-electron chi connectivity index (χ0n) is 6.81. The molecule has 0 aromatic rings. The van der Waals surface area contributed by atoms with Crippen LogP contribution in [0.25, 0.3) is 0 Å². The average Bonchev–Trinajstić information content (AvgIpc) is 2.48. The lowest BCUT2D eigenvalue weighted by Crippen LogP contribution is -2.42. The second-order valence-electron chi connectivity index (χ2n) is 2.52. The van der Waals surface area contributed by atoms with Crippen LogP contribution in [0, 0.1) is 10.1 Å². The van der Waals surface area contributed by atoms with Crippen LogP contribution < -0.4 is 5.43 Å². The third-order valence-electron chi connectivity index (χ3n) is 1.68. The Labute approximate surface area is 83.5 Å². The zero-order chi connectivity index (χ0) is 9.84. The number of nitrogens with zero attached hydrogens (tertiary/aromatic N) is 2. The molecule has 1 aliphatic heterocycles. The number of nitrogens with one attached hydrogen (secondary N) is 1. The summed E-state index contributed by atoms with van der Waals surface area (Å²) < 4.78 is 0. The van der Waals surface area contributed by atoms with Gasteiger partial charge in [-0.25, -0.2) is 0 Å². The van der Waals surface area contributed by atoms with Crippen LogP contribution >= 0.6 is 15.9 Å². The smallest absolute Gasteiger partial charge is 0.303 e. The normalized spacial score (nSPS) is 21.8. The Bertz CT molecular complexity index is 233. The molecule has 1 unspecified atom stereocenters. The molecule has 7 heteroatoms. The number of hydrogen-bond acceptors (Lipinski definition) is 5. The quantitative estimate of drug-likeness (QED) is 0.407. The lowest BCUT2D eigenvalue weighted by molar-refractivity contribution is -0.518. The fourth-order valence-electron chi connectivity index (χ4n) is 1.09. The van der Waals surface area contributed by atoms with Crippen molar-refractivity contribution in [1.29, 1.82) is 0 Å². The molecule has 1 rings (SSSR count). The van der Waals surface area contributed by atoms with Crippen LogP contribution in [0.2, 0.25) is 0 Å². The minimum absolute atomic E-state index is 0.190. The van der Waals surface area contributed by atoms with E-state index in [-0.39, 0.29) is 6.61 Å². The molecule has 0 aromatic carbocycles. The fraction of sp³-hybridized carbons (Fsp3) is 0.667. The molecule has 0 bridgehead atoms. The van der Waals surface area contributed by atoms with Gasteiger partial charge in [-0.3, -0.25) is 10.1 Å². The Kier molecular flexibility index (Phi) is 3.64. The van der Waals surface area contributed by atoms with Crippen molar-refractivity contribution in [3.63, 3.8) is 0 Å². The number of alkyl halides is 1. The summed E-state index contributed by atoms with van der Waals surface area (Å²) in [5, 5.41) is 21.5. The van der Waals surface area contributed by atoms with Gasteiger partial charge < -0.3 is 10.1 Å². The number of hydrazine groups is 1. The molecule has 2 N–H and O–H groups in total. The van der Waals surface area contributed by atoms with Crippen LogP contribution in [-0.2, 0) is 0 Å². The third kappa shape index (κ3) is 2.39. The van der Waals surface area contributed by atoms with Crippen LogP contribution in [0.4, 0.5) is 0 Å². The molecule has 0 fully saturated rings. The highest BCUT2D eigenvalue weighted by Gasteiger charge is 2.28. The minimum atomic E-state index is -0.916. The second kappa shape index (κ2) is 4.54. The van der Waals surface area contributed by atoms with Gasteiger partial charge in [0.05, 0.1) is 12.3 Å². The van der Waals surface area contributed by atoms with Gasteiger partial charge in [-0.05, 0) is 0 Å². The summed E-state index contributed by atoms with van der Waals surface area (Å²) in [6, 6.07) is 0. The highest BCUT2D eigenvalue weighted by molar-refractivity contribution is 9.09. The number of aliphatic hydroxyl groups excluding tert-OH is 1. The van der Waals surface area contributed by atoms with Crippen LogP contribution in [0.5, 0.6) is 0 Å². The van der Waals surface area contributed by atoms with Crippen molar-refractivity contribution < 1.29 is 10.0 Å². The number of aliphatic hydroxyl groups is 1. The fourth-order valence-corrected chi connectivity index (χ4v) is 1.45. The monoisotopic (exact) mass is 251 g/mol. The first-order valence-electron chi connectivity index (χ1n) is 3.73. The van der Waals surface area contributed by atoms with E-state index in [0.29, 0.717) is 17.6 Å². The summed E-state index contributed by atoms with van der Waals surface area (Å²) in [4.78, 5) is 9.95. The Morgan fingerprint density at radius 3 is 3.00 bits per heavy atom. The summed E-state index contributed by atoms with van der Waals surface area (Å²) in [6.07, 6.45) is 0.490. The van der Waals surface area contributed by atoms with Crippen molar-refractivity contribution in [3.8, 4) is 0 Å². The highest BCUT2D eigenvalue weighted by atomic mass is 79.9. The molecule has 0 saturated carbocycles. The molecule has 13 heavy (non-hydrogen) atoms.